The van der Waals surface area contributed by atoms with Crippen LogP contribution in [-0.2, 0) is 32.0 Å². The largest absolute Gasteiger partial charge is 0.481 e. The smallest absolute Gasteiger partial charge is 0.347 e. The molecule has 8 nitrogen and oxygen atoms in total. The van der Waals surface area contributed by atoms with Crippen molar-refractivity contribution >= 4 is 32.9 Å². The summed E-state index contributed by atoms with van der Waals surface area (Å²) >= 11 is 0.968. The monoisotopic (exact) mass is 448 g/mol. The van der Waals surface area contributed by atoms with Crippen molar-refractivity contribution in [3.05, 3.63) is 0 Å². The van der Waals surface area contributed by atoms with E-state index in [9.17, 15) is 13.9 Å². The highest BCUT2D eigenvalue weighted by Crippen LogP contribution is 2.72. The van der Waals surface area contributed by atoms with E-state index in [1.54, 1.807) is 55.4 Å². The van der Waals surface area contributed by atoms with Crippen molar-refractivity contribution in [1.82, 2.24) is 0 Å². The SMILES string of the molecule is CC(C)OP(=O)(OC(C)C)C(CSCC(=O)O)P(=O)(OC(C)C)OC(C)C. The topological polar surface area (TPSA) is 108 Å². The Balaban J connectivity index is 6.13. The van der Waals surface area contributed by atoms with Gasteiger partial charge in [-0.3, -0.25) is 13.9 Å². The molecular weight excluding hydrogens is 414 g/mol. The molecule has 0 aromatic heterocycles. The first-order valence-electron chi connectivity index (χ1n) is 8.94. The van der Waals surface area contributed by atoms with E-state index in [0.29, 0.717) is 0 Å². The van der Waals surface area contributed by atoms with E-state index in [-0.39, 0.29) is 11.5 Å². The van der Waals surface area contributed by atoms with Gasteiger partial charge in [0.2, 0.25) is 0 Å². The van der Waals surface area contributed by atoms with Crippen LogP contribution in [0.4, 0.5) is 0 Å². The standard InChI is InChI=1S/C16H34O8P2S/c1-11(2)21-25(19,22-12(3)4)16(10-27-9-15(17)18)26(20,23-13(5)6)24-14(7)8/h11-14,16H,9-10H2,1-8H3,(H,17,18). The second kappa shape index (κ2) is 12.0. The third-order valence-corrected chi connectivity index (χ3v) is 10.6. The van der Waals surface area contributed by atoms with Gasteiger partial charge in [-0.2, -0.15) is 0 Å². The van der Waals surface area contributed by atoms with Gasteiger partial charge in [-0.15, -0.1) is 11.8 Å². The molecule has 0 atom stereocenters. The van der Waals surface area contributed by atoms with Gasteiger partial charge >= 0.3 is 21.2 Å². The molecule has 0 radical (unpaired) electrons. The molecule has 0 saturated heterocycles. The summed E-state index contributed by atoms with van der Waals surface area (Å²) in [5.41, 5.74) is 0. The average molecular weight is 448 g/mol. The highest BCUT2D eigenvalue weighted by Gasteiger charge is 2.52. The third kappa shape index (κ3) is 10.5. The Morgan fingerprint density at radius 3 is 1.30 bits per heavy atom. The maximum atomic E-state index is 13.7. The lowest BCUT2D eigenvalue weighted by atomic mass is 10.5. The zero-order valence-corrected chi connectivity index (χ0v) is 20.0. The van der Waals surface area contributed by atoms with Crippen LogP contribution < -0.4 is 0 Å². The minimum Gasteiger partial charge on any atom is -0.481 e. The average Bonchev–Trinajstić information content (AvgIpc) is 2.38. The molecule has 0 aliphatic carbocycles. The summed E-state index contributed by atoms with van der Waals surface area (Å²) in [6.45, 7) is 13.5. The lowest BCUT2D eigenvalue weighted by molar-refractivity contribution is -0.133. The van der Waals surface area contributed by atoms with Gasteiger partial charge in [0, 0.05) is 5.75 Å². The summed E-state index contributed by atoms with van der Waals surface area (Å²) in [6, 6.07) is 0. The highest BCUT2D eigenvalue weighted by molar-refractivity contribution is 8.00. The van der Waals surface area contributed by atoms with Gasteiger partial charge in [0.1, 0.15) is 0 Å². The van der Waals surface area contributed by atoms with Crippen LogP contribution in [0.2, 0.25) is 0 Å². The fourth-order valence-corrected chi connectivity index (χ4v) is 9.76. The number of carbonyl (C=O) groups is 1. The quantitative estimate of drug-likeness (QED) is 0.358. The number of carboxylic acids is 1. The highest BCUT2D eigenvalue weighted by atomic mass is 32.2. The van der Waals surface area contributed by atoms with E-state index >= 15 is 0 Å². The zero-order valence-electron chi connectivity index (χ0n) is 17.4. The molecule has 162 valence electrons. The van der Waals surface area contributed by atoms with Crippen molar-refractivity contribution in [2.45, 2.75) is 85.2 Å². The van der Waals surface area contributed by atoms with Gasteiger partial charge in [0.05, 0.1) is 30.2 Å². The van der Waals surface area contributed by atoms with Crippen molar-refractivity contribution in [3.8, 4) is 0 Å². The predicted octanol–water partition coefficient (Wildman–Crippen LogP) is 5.22. The molecule has 0 unspecified atom stereocenters. The molecule has 1 N–H and O–H groups in total. The van der Waals surface area contributed by atoms with Gasteiger partial charge < -0.3 is 23.2 Å². The van der Waals surface area contributed by atoms with E-state index in [1.807, 2.05) is 0 Å². The van der Waals surface area contributed by atoms with Crippen molar-refractivity contribution in [1.29, 1.82) is 0 Å². The predicted molar refractivity (Wildman–Crippen MR) is 109 cm³/mol. The second-order valence-corrected chi connectivity index (χ2v) is 12.8. The Labute approximate surface area is 167 Å². The molecular formula is C16H34O8P2S. The molecule has 0 aliphatic rings. The zero-order chi connectivity index (χ0) is 21.4. The van der Waals surface area contributed by atoms with E-state index in [1.165, 1.54) is 0 Å². The molecule has 0 heterocycles. The number of thioether (sulfide) groups is 1. The van der Waals surface area contributed by atoms with Gasteiger partial charge in [0.15, 0.2) is 5.40 Å². The molecule has 11 heteroatoms. The van der Waals surface area contributed by atoms with Crippen LogP contribution in [0.15, 0.2) is 0 Å². The third-order valence-electron chi connectivity index (χ3n) is 2.65. The Bertz CT molecular complexity index is 485. The van der Waals surface area contributed by atoms with Crippen molar-refractivity contribution < 1.29 is 37.1 Å². The molecule has 27 heavy (non-hydrogen) atoms. The van der Waals surface area contributed by atoms with Crippen LogP contribution in [0.25, 0.3) is 0 Å². The van der Waals surface area contributed by atoms with Crippen LogP contribution in [0.5, 0.6) is 0 Å². The molecule has 0 rings (SSSR count). The summed E-state index contributed by atoms with van der Waals surface area (Å²) in [5, 5.41) is 7.68. The second-order valence-electron chi connectivity index (χ2n) is 7.09. The van der Waals surface area contributed by atoms with Gasteiger partial charge in [0.25, 0.3) is 0 Å². The molecule has 0 amide bonds. The van der Waals surface area contributed by atoms with Crippen LogP contribution >= 0.6 is 27.0 Å². The van der Waals surface area contributed by atoms with Crippen molar-refractivity contribution in [2.24, 2.45) is 0 Å². The van der Waals surface area contributed by atoms with Gasteiger partial charge in [-0.05, 0) is 55.4 Å². The van der Waals surface area contributed by atoms with E-state index in [2.05, 4.69) is 0 Å². The maximum absolute atomic E-state index is 13.7. The number of aliphatic carboxylic acids is 1. The normalized spacial score (nSPS) is 13.5. The minimum atomic E-state index is -3.96. The Morgan fingerprint density at radius 1 is 0.778 bits per heavy atom. The van der Waals surface area contributed by atoms with Crippen LogP contribution in [0.3, 0.4) is 0 Å². The van der Waals surface area contributed by atoms with Gasteiger partial charge in [-0.1, -0.05) is 0 Å². The maximum Gasteiger partial charge on any atom is 0.347 e. The number of hydrogen-bond donors (Lipinski definition) is 1. The minimum absolute atomic E-state index is 0.0697. The molecule has 0 fully saturated rings. The Morgan fingerprint density at radius 2 is 1.07 bits per heavy atom. The first-order chi connectivity index (χ1) is 12.2. The number of hydrogen-bond acceptors (Lipinski definition) is 8. The molecule has 0 saturated carbocycles. The summed E-state index contributed by atoms with van der Waals surface area (Å²) < 4.78 is 49.8. The fraction of sp³-hybridized carbons (Fsp3) is 0.938. The summed E-state index contributed by atoms with van der Waals surface area (Å²) in [7, 11) is -7.93. The molecule has 0 aromatic carbocycles. The lowest BCUT2D eigenvalue weighted by Gasteiger charge is -2.35. The number of rotatable bonds is 14. The van der Waals surface area contributed by atoms with Crippen LogP contribution in [0, 0.1) is 0 Å². The van der Waals surface area contributed by atoms with Crippen LogP contribution in [-0.4, -0.2) is 52.4 Å². The fourth-order valence-electron chi connectivity index (χ4n) is 2.11. The summed E-state index contributed by atoms with van der Waals surface area (Å²) in [5.74, 6) is -1.35. The van der Waals surface area contributed by atoms with E-state index < -0.39 is 51.0 Å². The Kier molecular flexibility index (Phi) is 12.0. The molecule has 0 aromatic rings. The summed E-state index contributed by atoms with van der Waals surface area (Å²) in [4.78, 5) is 10.9. The molecule has 0 bridgehead atoms. The Hall–Kier alpha value is 0.120. The number of carboxylic acid groups (broad SMARTS) is 1. The lowest BCUT2D eigenvalue weighted by Crippen LogP contribution is -2.25. The van der Waals surface area contributed by atoms with E-state index in [4.69, 9.17) is 23.2 Å². The van der Waals surface area contributed by atoms with Crippen molar-refractivity contribution in [2.75, 3.05) is 11.5 Å². The van der Waals surface area contributed by atoms with Crippen LogP contribution in [0.1, 0.15) is 55.4 Å². The first-order valence-corrected chi connectivity index (χ1v) is 13.3. The summed E-state index contributed by atoms with van der Waals surface area (Å²) in [6.07, 6.45) is -1.86. The molecule has 0 aliphatic heterocycles. The first kappa shape index (κ1) is 27.1. The molecule has 0 spiro atoms. The van der Waals surface area contributed by atoms with Gasteiger partial charge in [-0.25, -0.2) is 0 Å². The van der Waals surface area contributed by atoms with E-state index in [0.717, 1.165) is 11.8 Å². The van der Waals surface area contributed by atoms with Crippen molar-refractivity contribution in [3.63, 3.8) is 0 Å².